The van der Waals surface area contributed by atoms with E-state index in [1.54, 1.807) is 18.2 Å². The van der Waals surface area contributed by atoms with E-state index in [1.165, 1.54) is 24.3 Å². The van der Waals surface area contributed by atoms with Gasteiger partial charge in [-0.2, -0.15) is 0 Å². The van der Waals surface area contributed by atoms with Crippen molar-refractivity contribution in [1.29, 1.82) is 0 Å². The first-order valence-corrected chi connectivity index (χ1v) is 9.37. The fourth-order valence-electron chi connectivity index (χ4n) is 2.54. The molecule has 0 saturated heterocycles. The van der Waals surface area contributed by atoms with Crippen molar-refractivity contribution in [3.63, 3.8) is 0 Å². The third-order valence-corrected chi connectivity index (χ3v) is 5.27. The van der Waals surface area contributed by atoms with Gasteiger partial charge in [0.05, 0.1) is 16.1 Å². The van der Waals surface area contributed by atoms with Crippen molar-refractivity contribution in [3.8, 4) is 11.1 Å². The number of anilines is 1. The first-order chi connectivity index (χ1) is 12.3. The summed E-state index contributed by atoms with van der Waals surface area (Å²) in [6, 6.07) is 20.1. The summed E-state index contributed by atoms with van der Waals surface area (Å²) in [5, 5.41) is 9.35. The molecule has 2 N–H and O–H groups in total. The number of hydrogen-bond donors (Lipinski definition) is 2. The van der Waals surface area contributed by atoms with E-state index in [9.17, 15) is 18.3 Å². The SMILES string of the molecule is Cc1ccc(S(=O)(=O)Nc2cc(C(=O)O)cc(-c3ccccc3)c2)cc1. The third kappa shape index (κ3) is 3.92. The Morgan fingerprint density at radius 2 is 1.54 bits per heavy atom. The Labute approximate surface area is 152 Å². The van der Waals surface area contributed by atoms with Gasteiger partial charge in [-0.25, -0.2) is 13.2 Å². The van der Waals surface area contributed by atoms with Crippen LogP contribution in [-0.2, 0) is 10.0 Å². The van der Waals surface area contributed by atoms with E-state index in [0.717, 1.165) is 11.1 Å². The molecule has 0 saturated carbocycles. The molecule has 0 fully saturated rings. The molecule has 6 heteroatoms. The maximum Gasteiger partial charge on any atom is 0.335 e. The maximum atomic E-state index is 12.6. The van der Waals surface area contributed by atoms with Crippen molar-refractivity contribution in [2.75, 3.05) is 4.72 Å². The van der Waals surface area contributed by atoms with Crippen LogP contribution in [0.4, 0.5) is 5.69 Å². The van der Waals surface area contributed by atoms with Crippen LogP contribution in [0.5, 0.6) is 0 Å². The van der Waals surface area contributed by atoms with Crippen LogP contribution in [-0.4, -0.2) is 19.5 Å². The van der Waals surface area contributed by atoms with Crippen LogP contribution in [0.1, 0.15) is 15.9 Å². The molecule has 3 aromatic carbocycles. The van der Waals surface area contributed by atoms with Gasteiger partial charge in [0.2, 0.25) is 0 Å². The lowest BCUT2D eigenvalue weighted by Gasteiger charge is -2.11. The van der Waals surface area contributed by atoms with E-state index in [0.29, 0.717) is 5.56 Å². The Kier molecular flexibility index (Phi) is 4.77. The second-order valence-electron chi connectivity index (χ2n) is 5.89. The number of carbonyl (C=O) groups is 1. The summed E-state index contributed by atoms with van der Waals surface area (Å²) in [5.41, 5.74) is 2.57. The molecule has 0 aromatic heterocycles. The zero-order chi connectivity index (χ0) is 18.7. The van der Waals surface area contributed by atoms with Crippen molar-refractivity contribution < 1.29 is 18.3 Å². The minimum absolute atomic E-state index is 0.00737. The molecule has 0 aliphatic heterocycles. The predicted molar refractivity (Wildman–Crippen MR) is 101 cm³/mol. The quantitative estimate of drug-likeness (QED) is 0.709. The molecule has 0 atom stereocenters. The average molecular weight is 367 g/mol. The van der Waals surface area contributed by atoms with Gasteiger partial charge in [0, 0.05) is 0 Å². The standard InChI is InChI=1S/C20H17NO4S/c1-14-7-9-19(10-8-14)26(24,25)21-18-12-16(11-17(13-18)20(22)23)15-5-3-2-4-6-15/h2-13,21H,1H3,(H,22,23). The smallest absolute Gasteiger partial charge is 0.335 e. The zero-order valence-electron chi connectivity index (χ0n) is 14.0. The highest BCUT2D eigenvalue weighted by atomic mass is 32.2. The van der Waals surface area contributed by atoms with Gasteiger partial charge < -0.3 is 5.11 Å². The minimum Gasteiger partial charge on any atom is -0.478 e. The highest BCUT2D eigenvalue weighted by Gasteiger charge is 2.16. The molecule has 0 aliphatic carbocycles. The molecule has 132 valence electrons. The maximum absolute atomic E-state index is 12.6. The normalized spacial score (nSPS) is 11.1. The number of sulfonamides is 1. The fourth-order valence-corrected chi connectivity index (χ4v) is 3.58. The minimum atomic E-state index is -3.81. The van der Waals surface area contributed by atoms with Crippen molar-refractivity contribution >= 4 is 21.7 Å². The molecule has 0 bridgehead atoms. The molecule has 0 heterocycles. The topological polar surface area (TPSA) is 83.5 Å². The monoisotopic (exact) mass is 367 g/mol. The van der Waals surface area contributed by atoms with E-state index in [-0.39, 0.29) is 16.1 Å². The number of hydrogen-bond acceptors (Lipinski definition) is 3. The van der Waals surface area contributed by atoms with E-state index >= 15 is 0 Å². The van der Waals surface area contributed by atoms with Crippen LogP contribution in [0.25, 0.3) is 11.1 Å². The van der Waals surface area contributed by atoms with Crippen LogP contribution >= 0.6 is 0 Å². The molecule has 0 spiro atoms. The number of rotatable bonds is 5. The molecule has 5 nitrogen and oxygen atoms in total. The highest BCUT2D eigenvalue weighted by Crippen LogP contribution is 2.26. The van der Waals surface area contributed by atoms with Gasteiger partial charge in [-0.05, 0) is 48.4 Å². The average Bonchev–Trinajstić information content (AvgIpc) is 2.62. The van der Waals surface area contributed by atoms with E-state index in [2.05, 4.69) is 4.72 Å². The van der Waals surface area contributed by atoms with Crippen LogP contribution in [0.3, 0.4) is 0 Å². The lowest BCUT2D eigenvalue weighted by molar-refractivity contribution is 0.0697. The van der Waals surface area contributed by atoms with Gasteiger partial charge in [-0.3, -0.25) is 4.72 Å². The van der Waals surface area contributed by atoms with Crippen molar-refractivity contribution in [2.24, 2.45) is 0 Å². The Morgan fingerprint density at radius 3 is 2.15 bits per heavy atom. The van der Waals surface area contributed by atoms with Gasteiger partial charge in [0.15, 0.2) is 0 Å². The zero-order valence-corrected chi connectivity index (χ0v) is 14.8. The fraction of sp³-hybridized carbons (Fsp3) is 0.0500. The number of carboxylic acid groups (broad SMARTS) is 1. The summed E-state index contributed by atoms with van der Waals surface area (Å²) in [6.45, 7) is 1.87. The van der Waals surface area contributed by atoms with Gasteiger partial charge in [0.25, 0.3) is 10.0 Å². The molecule has 26 heavy (non-hydrogen) atoms. The Bertz CT molecular complexity index is 1040. The van der Waals surface area contributed by atoms with Crippen LogP contribution in [0.15, 0.2) is 77.7 Å². The van der Waals surface area contributed by atoms with Crippen molar-refractivity contribution in [3.05, 3.63) is 83.9 Å². The molecule has 0 unspecified atom stereocenters. The number of aromatic carboxylic acids is 1. The molecular weight excluding hydrogens is 350 g/mol. The van der Waals surface area contributed by atoms with E-state index < -0.39 is 16.0 Å². The van der Waals surface area contributed by atoms with Crippen molar-refractivity contribution in [1.82, 2.24) is 0 Å². The van der Waals surface area contributed by atoms with E-state index in [4.69, 9.17) is 0 Å². The Balaban J connectivity index is 2.03. The molecule has 3 aromatic rings. The first kappa shape index (κ1) is 17.7. The van der Waals surface area contributed by atoms with Gasteiger partial charge in [-0.15, -0.1) is 0 Å². The lowest BCUT2D eigenvalue weighted by Crippen LogP contribution is -2.13. The molecule has 0 aliphatic rings. The highest BCUT2D eigenvalue weighted by molar-refractivity contribution is 7.92. The predicted octanol–water partition coefficient (Wildman–Crippen LogP) is 4.16. The van der Waals surface area contributed by atoms with Gasteiger partial charge in [-0.1, -0.05) is 48.0 Å². The number of nitrogens with one attached hydrogen (secondary N) is 1. The number of aryl methyl sites for hydroxylation is 1. The summed E-state index contributed by atoms with van der Waals surface area (Å²) in [5.74, 6) is -1.13. The van der Waals surface area contributed by atoms with Crippen molar-refractivity contribution in [2.45, 2.75) is 11.8 Å². The third-order valence-electron chi connectivity index (χ3n) is 3.87. The number of carboxylic acids is 1. The summed E-state index contributed by atoms with van der Waals surface area (Å²) in [6.07, 6.45) is 0. The van der Waals surface area contributed by atoms with Crippen LogP contribution in [0, 0.1) is 6.92 Å². The van der Waals surface area contributed by atoms with E-state index in [1.807, 2.05) is 37.3 Å². The lowest BCUT2D eigenvalue weighted by atomic mass is 10.0. The Hall–Kier alpha value is -3.12. The van der Waals surface area contributed by atoms with Crippen LogP contribution in [0.2, 0.25) is 0 Å². The van der Waals surface area contributed by atoms with Crippen LogP contribution < -0.4 is 4.72 Å². The molecule has 0 amide bonds. The molecule has 3 rings (SSSR count). The largest absolute Gasteiger partial charge is 0.478 e. The summed E-state index contributed by atoms with van der Waals surface area (Å²) in [7, 11) is -3.81. The second kappa shape index (κ2) is 7.01. The van der Waals surface area contributed by atoms with Gasteiger partial charge in [0.1, 0.15) is 0 Å². The summed E-state index contributed by atoms with van der Waals surface area (Å²) in [4.78, 5) is 11.5. The number of benzene rings is 3. The molecule has 0 radical (unpaired) electrons. The Morgan fingerprint density at radius 1 is 0.885 bits per heavy atom. The summed E-state index contributed by atoms with van der Waals surface area (Å²) < 4.78 is 27.6. The second-order valence-corrected chi connectivity index (χ2v) is 7.57. The first-order valence-electron chi connectivity index (χ1n) is 7.88. The molecular formula is C20H17NO4S. The summed E-state index contributed by atoms with van der Waals surface area (Å²) >= 11 is 0. The van der Waals surface area contributed by atoms with Gasteiger partial charge >= 0.3 is 5.97 Å².